The van der Waals surface area contributed by atoms with Crippen LogP contribution in [0.15, 0.2) is 114 Å². The van der Waals surface area contributed by atoms with E-state index in [0.29, 0.717) is 16.7 Å². The topological polar surface area (TPSA) is 38.9 Å². The van der Waals surface area contributed by atoms with Crippen molar-refractivity contribution in [3.63, 3.8) is 0 Å². The Morgan fingerprint density at radius 2 is 1.50 bits per heavy atom. The zero-order chi connectivity index (χ0) is 28.3. The second-order valence-electron chi connectivity index (χ2n) is 10.0. The standard InChI is InChI=1S/C23H13FNO.C14H14N.Ir/c24-19-13-12-17-16-9-6-10-18(20-11-4-5-14-25-20)22(16)26-23(17)21(19)15-7-2-1-3-8-15;1-10-4-6-13(7-5-10)14-8-11(2)12(3)9-15-14;/h1-9,11-14H;4-6,8-9H,1-3H3;/q2*-1;. The van der Waals surface area contributed by atoms with E-state index in [1.165, 1.54) is 22.8 Å². The number of furan rings is 1. The van der Waals surface area contributed by atoms with E-state index in [-0.39, 0.29) is 25.9 Å². The maximum atomic E-state index is 14.7. The fourth-order valence-electron chi connectivity index (χ4n) is 4.79. The first-order valence-electron chi connectivity index (χ1n) is 13.4. The van der Waals surface area contributed by atoms with E-state index in [1.807, 2.05) is 72.9 Å². The Hall–Kier alpha value is -4.44. The van der Waals surface area contributed by atoms with Gasteiger partial charge in [0.05, 0.1) is 11.1 Å². The molecule has 1 radical (unpaired) electrons. The molecule has 0 aliphatic rings. The number of aromatic nitrogens is 2. The van der Waals surface area contributed by atoms with Crippen molar-refractivity contribution in [1.82, 2.24) is 9.97 Å². The van der Waals surface area contributed by atoms with Crippen molar-refractivity contribution in [1.29, 1.82) is 0 Å². The number of nitrogens with zero attached hydrogens (tertiary/aromatic N) is 2. The number of fused-ring (bicyclic) bond motifs is 3. The number of rotatable bonds is 3. The minimum absolute atomic E-state index is 0. The van der Waals surface area contributed by atoms with E-state index < -0.39 is 0 Å². The van der Waals surface area contributed by atoms with Crippen molar-refractivity contribution in [2.45, 2.75) is 20.8 Å². The average molecular weight is 727 g/mol. The Bertz CT molecular complexity index is 1970. The van der Waals surface area contributed by atoms with Gasteiger partial charge < -0.3 is 14.4 Å². The normalized spacial score (nSPS) is 10.7. The van der Waals surface area contributed by atoms with Gasteiger partial charge in [-0.1, -0.05) is 72.0 Å². The molecule has 7 rings (SSSR count). The van der Waals surface area contributed by atoms with Crippen LogP contribution in [-0.4, -0.2) is 9.97 Å². The molecule has 0 aliphatic heterocycles. The second kappa shape index (κ2) is 12.6. The quantitative estimate of drug-likeness (QED) is 0.170. The Kier molecular flexibility index (Phi) is 8.72. The molecule has 0 unspecified atom stereocenters. The van der Waals surface area contributed by atoms with Crippen molar-refractivity contribution < 1.29 is 28.9 Å². The molecule has 0 spiro atoms. The van der Waals surface area contributed by atoms with Crippen LogP contribution in [0.1, 0.15) is 16.7 Å². The van der Waals surface area contributed by atoms with Crippen LogP contribution in [0.5, 0.6) is 0 Å². The largest absolute Gasteiger partial charge is 0.500 e. The van der Waals surface area contributed by atoms with Gasteiger partial charge in [-0.05, 0) is 54.6 Å². The third-order valence-electron chi connectivity index (χ3n) is 7.15. The summed E-state index contributed by atoms with van der Waals surface area (Å²) in [4.78, 5) is 8.81. The predicted molar refractivity (Wildman–Crippen MR) is 164 cm³/mol. The van der Waals surface area contributed by atoms with Gasteiger partial charge in [-0.2, -0.15) is 0 Å². The van der Waals surface area contributed by atoms with Gasteiger partial charge in [0.15, 0.2) is 0 Å². The van der Waals surface area contributed by atoms with E-state index in [0.717, 1.165) is 38.9 Å². The van der Waals surface area contributed by atoms with E-state index in [9.17, 15) is 4.39 Å². The molecule has 7 aromatic rings. The Morgan fingerprint density at radius 3 is 2.21 bits per heavy atom. The third kappa shape index (κ3) is 5.80. The smallest absolute Gasteiger partial charge is 0.134 e. The maximum absolute atomic E-state index is 14.7. The van der Waals surface area contributed by atoms with Crippen LogP contribution in [0, 0.1) is 38.7 Å². The Balaban J connectivity index is 0.000000189. The zero-order valence-corrected chi connectivity index (χ0v) is 25.8. The summed E-state index contributed by atoms with van der Waals surface area (Å²) < 4.78 is 20.9. The molecule has 0 saturated heterocycles. The van der Waals surface area contributed by atoms with Crippen molar-refractivity contribution >= 4 is 21.9 Å². The number of halogens is 1. The molecule has 3 aromatic heterocycles. The van der Waals surface area contributed by atoms with E-state index in [2.05, 4.69) is 61.1 Å². The fraction of sp³-hybridized carbons (Fsp3) is 0.0811. The molecule has 3 nitrogen and oxygen atoms in total. The molecule has 3 heterocycles. The molecule has 42 heavy (non-hydrogen) atoms. The molecular formula is C37H27FIrN2O-2. The molecule has 0 amide bonds. The van der Waals surface area contributed by atoms with Crippen molar-refractivity contribution in [3.8, 4) is 33.6 Å². The van der Waals surface area contributed by atoms with Gasteiger partial charge in [0, 0.05) is 37.9 Å². The molecule has 0 N–H and O–H groups in total. The Morgan fingerprint density at radius 1 is 0.714 bits per heavy atom. The molecule has 0 saturated carbocycles. The van der Waals surface area contributed by atoms with E-state index in [1.54, 1.807) is 12.3 Å². The van der Waals surface area contributed by atoms with Crippen LogP contribution >= 0.6 is 0 Å². The number of aryl methyl sites for hydroxylation is 3. The molecule has 5 heteroatoms. The summed E-state index contributed by atoms with van der Waals surface area (Å²) in [6, 6.07) is 36.9. The number of pyridine rings is 2. The van der Waals surface area contributed by atoms with Gasteiger partial charge >= 0.3 is 0 Å². The monoisotopic (exact) mass is 727 g/mol. The van der Waals surface area contributed by atoms with Crippen LogP contribution in [0.2, 0.25) is 0 Å². The van der Waals surface area contributed by atoms with Crippen molar-refractivity contribution in [2.24, 2.45) is 0 Å². The number of benzene rings is 4. The van der Waals surface area contributed by atoms with Crippen LogP contribution in [0.25, 0.3) is 55.6 Å². The van der Waals surface area contributed by atoms with Gasteiger partial charge in [0.1, 0.15) is 11.4 Å². The molecule has 0 aliphatic carbocycles. The second-order valence-corrected chi connectivity index (χ2v) is 10.0. The molecule has 0 atom stereocenters. The molecule has 209 valence electrons. The first-order chi connectivity index (χ1) is 20.0. The fourth-order valence-corrected chi connectivity index (χ4v) is 4.79. The summed E-state index contributed by atoms with van der Waals surface area (Å²) in [5.41, 5.74) is 9.82. The van der Waals surface area contributed by atoms with Crippen molar-refractivity contribution in [2.75, 3.05) is 0 Å². The van der Waals surface area contributed by atoms with Crippen LogP contribution in [0.3, 0.4) is 0 Å². The molecule has 0 fully saturated rings. The first kappa shape index (κ1) is 29.1. The molecule has 4 aromatic carbocycles. The number of hydrogen-bond acceptors (Lipinski definition) is 3. The minimum atomic E-state index is -0.300. The van der Waals surface area contributed by atoms with Crippen molar-refractivity contribution in [3.05, 3.63) is 144 Å². The number of hydrogen-bond donors (Lipinski definition) is 0. The van der Waals surface area contributed by atoms with Gasteiger partial charge in [-0.3, -0.25) is 0 Å². The van der Waals surface area contributed by atoms with Crippen LogP contribution in [0.4, 0.5) is 4.39 Å². The third-order valence-corrected chi connectivity index (χ3v) is 7.15. The van der Waals surface area contributed by atoms with Gasteiger partial charge in [0.25, 0.3) is 0 Å². The van der Waals surface area contributed by atoms with E-state index in [4.69, 9.17) is 4.42 Å². The summed E-state index contributed by atoms with van der Waals surface area (Å²) >= 11 is 0. The summed E-state index contributed by atoms with van der Waals surface area (Å²) in [5, 5.41) is 1.81. The maximum Gasteiger partial charge on any atom is 0.134 e. The summed E-state index contributed by atoms with van der Waals surface area (Å²) in [7, 11) is 0. The summed E-state index contributed by atoms with van der Waals surface area (Å²) in [6.45, 7) is 6.24. The van der Waals surface area contributed by atoms with Gasteiger partial charge in [-0.15, -0.1) is 53.6 Å². The zero-order valence-electron chi connectivity index (χ0n) is 23.4. The van der Waals surface area contributed by atoms with Crippen LogP contribution < -0.4 is 0 Å². The molecule has 0 bridgehead atoms. The predicted octanol–water partition coefficient (Wildman–Crippen LogP) is 9.73. The SMILES string of the molecule is Cc1c[c-]c(-c2cc(C)c(C)cn2)cc1.Fc1ccc2c(oc3c(-c4ccccn4)[c-]ccc32)c1-c1ccccc1.[Ir]. The van der Waals surface area contributed by atoms with Gasteiger partial charge in [0.2, 0.25) is 0 Å². The Labute approximate surface area is 258 Å². The van der Waals surface area contributed by atoms with Crippen LogP contribution in [-0.2, 0) is 20.1 Å². The average Bonchev–Trinajstić information content (AvgIpc) is 3.39. The van der Waals surface area contributed by atoms with Gasteiger partial charge in [-0.25, -0.2) is 4.39 Å². The summed E-state index contributed by atoms with van der Waals surface area (Å²) in [5.74, 6) is -0.300. The van der Waals surface area contributed by atoms with E-state index >= 15 is 0 Å². The minimum Gasteiger partial charge on any atom is -0.500 e. The molecular weight excluding hydrogens is 700 g/mol. The first-order valence-corrected chi connectivity index (χ1v) is 13.4. The summed E-state index contributed by atoms with van der Waals surface area (Å²) in [6.07, 6.45) is 3.65.